The van der Waals surface area contributed by atoms with E-state index in [1.165, 1.54) is 0 Å². The van der Waals surface area contributed by atoms with Gasteiger partial charge in [-0.1, -0.05) is 12.1 Å². The molecule has 0 aliphatic carbocycles. The lowest BCUT2D eigenvalue weighted by Gasteiger charge is -2.22. The van der Waals surface area contributed by atoms with Crippen LogP contribution in [-0.2, 0) is 19.9 Å². The minimum atomic E-state index is -3.91. The third kappa shape index (κ3) is 4.21. The molecular weight excluding hydrogens is 324 g/mol. The smallest absolute Gasteiger partial charge is 0.229 e. The van der Waals surface area contributed by atoms with Crippen molar-refractivity contribution in [3.8, 4) is 0 Å². The lowest BCUT2D eigenvalue weighted by atomic mass is 10.2. The highest BCUT2D eigenvalue weighted by Crippen LogP contribution is 2.21. The zero-order valence-electron chi connectivity index (χ0n) is 11.0. The first-order chi connectivity index (χ1) is 9.70. The fraction of sp³-hybridized carbons (Fsp3) is 0.500. The quantitative estimate of drug-likeness (QED) is 0.901. The second kappa shape index (κ2) is 5.98. The van der Waals surface area contributed by atoms with Gasteiger partial charge in [0.25, 0.3) is 6.43 Å². The van der Waals surface area contributed by atoms with Gasteiger partial charge in [0.1, 0.15) is 0 Å². The topological polar surface area (TPSA) is 80.3 Å². The number of hydrogen-bond acceptors (Lipinski definition) is 4. The summed E-state index contributed by atoms with van der Waals surface area (Å²) in [6.07, 6.45) is -1.83. The van der Waals surface area contributed by atoms with E-state index in [4.69, 9.17) is 0 Å². The Balaban J connectivity index is 2.14. The third-order valence-corrected chi connectivity index (χ3v) is 6.58. The highest BCUT2D eigenvalue weighted by atomic mass is 32.2. The van der Waals surface area contributed by atoms with Crippen molar-refractivity contribution >= 4 is 19.9 Å². The highest BCUT2D eigenvalue weighted by molar-refractivity contribution is 7.91. The molecule has 0 aromatic heterocycles. The molecule has 1 aliphatic rings. The molecule has 0 saturated carbocycles. The van der Waals surface area contributed by atoms with Crippen LogP contribution in [0.2, 0.25) is 0 Å². The molecule has 1 N–H and O–H groups in total. The van der Waals surface area contributed by atoms with Gasteiger partial charge in [-0.25, -0.2) is 30.3 Å². The SMILES string of the molecule is O=S1(=O)CCCC(NS(=O)(=O)c2ccc(C(F)F)cc2)C1. The average Bonchev–Trinajstić information content (AvgIpc) is 2.37. The lowest BCUT2D eigenvalue weighted by molar-refractivity contribution is 0.151. The van der Waals surface area contributed by atoms with E-state index in [1.54, 1.807) is 0 Å². The second-order valence-corrected chi connectivity index (χ2v) is 8.89. The van der Waals surface area contributed by atoms with Crippen molar-refractivity contribution in [2.45, 2.75) is 30.2 Å². The summed E-state index contributed by atoms with van der Waals surface area (Å²) in [6.45, 7) is 0. The number of halogens is 2. The summed E-state index contributed by atoms with van der Waals surface area (Å²) < 4.78 is 74.3. The van der Waals surface area contributed by atoms with E-state index in [0.717, 1.165) is 24.3 Å². The Hall–Kier alpha value is -1.06. The number of alkyl halides is 2. The molecule has 1 heterocycles. The van der Waals surface area contributed by atoms with E-state index < -0.39 is 32.3 Å². The molecule has 1 saturated heterocycles. The second-order valence-electron chi connectivity index (χ2n) is 4.94. The molecule has 1 aromatic carbocycles. The summed E-state index contributed by atoms with van der Waals surface area (Å²) in [5.74, 6) is -0.171. The first-order valence-electron chi connectivity index (χ1n) is 6.30. The van der Waals surface area contributed by atoms with Crippen LogP contribution in [0.5, 0.6) is 0 Å². The minimum absolute atomic E-state index is 0.0638. The molecule has 1 unspecified atom stereocenters. The Labute approximate surface area is 122 Å². The molecule has 1 fully saturated rings. The zero-order chi connectivity index (χ0) is 15.7. The van der Waals surface area contributed by atoms with Crippen LogP contribution in [0.15, 0.2) is 29.2 Å². The summed E-state index contributed by atoms with van der Waals surface area (Å²) in [5.41, 5.74) is -0.269. The summed E-state index contributed by atoms with van der Waals surface area (Å²) in [4.78, 5) is -0.158. The Morgan fingerprint density at radius 3 is 2.33 bits per heavy atom. The highest BCUT2D eigenvalue weighted by Gasteiger charge is 2.28. The molecule has 0 bridgehead atoms. The van der Waals surface area contributed by atoms with Crippen molar-refractivity contribution in [3.63, 3.8) is 0 Å². The van der Waals surface area contributed by atoms with Crippen molar-refractivity contribution < 1.29 is 25.6 Å². The Morgan fingerprint density at radius 1 is 1.19 bits per heavy atom. The molecule has 0 radical (unpaired) electrons. The summed E-state index contributed by atoms with van der Waals surface area (Å²) in [5, 5.41) is 0. The number of nitrogens with one attached hydrogen (secondary N) is 1. The molecule has 118 valence electrons. The molecule has 0 spiro atoms. The first kappa shape index (κ1) is 16.3. The van der Waals surface area contributed by atoms with E-state index in [1.807, 2.05) is 0 Å². The van der Waals surface area contributed by atoms with Crippen molar-refractivity contribution in [1.29, 1.82) is 0 Å². The minimum Gasteiger partial charge on any atom is -0.229 e. The lowest BCUT2D eigenvalue weighted by Crippen LogP contribution is -2.43. The monoisotopic (exact) mass is 339 g/mol. The van der Waals surface area contributed by atoms with Crippen LogP contribution in [0.3, 0.4) is 0 Å². The molecule has 0 amide bonds. The van der Waals surface area contributed by atoms with Crippen molar-refractivity contribution in [3.05, 3.63) is 29.8 Å². The molecule has 9 heteroatoms. The Kier molecular flexibility index (Phi) is 4.64. The van der Waals surface area contributed by atoms with Crippen LogP contribution < -0.4 is 4.72 Å². The Bertz CT molecular complexity index is 699. The van der Waals surface area contributed by atoms with Crippen molar-refractivity contribution in [2.24, 2.45) is 0 Å². The summed E-state index contributed by atoms with van der Waals surface area (Å²) in [7, 11) is -7.14. The number of sulfonamides is 1. The van der Waals surface area contributed by atoms with E-state index in [0.29, 0.717) is 12.8 Å². The predicted octanol–water partition coefficient (Wildman–Crippen LogP) is 1.48. The van der Waals surface area contributed by atoms with E-state index in [-0.39, 0.29) is 22.0 Å². The number of rotatable bonds is 4. The van der Waals surface area contributed by atoms with Crippen LogP contribution >= 0.6 is 0 Å². The fourth-order valence-electron chi connectivity index (χ4n) is 2.20. The molecule has 1 atom stereocenters. The fourth-order valence-corrected chi connectivity index (χ4v) is 5.21. The zero-order valence-corrected chi connectivity index (χ0v) is 12.6. The van der Waals surface area contributed by atoms with E-state index >= 15 is 0 Å². The van der Waals surface area contributed by atoms with E-state index in [2.05, 4.69) is 4.72 Å². The van der Waals surface area contributed by atoms with Gasteiger partial charge in [0.05, 0.1) is 16.4 Å². The molecular formula is C12H15F2NO4S2. The van der Waals surface area contributed by atoms with Crippen LogP contribution in [0, 0.1) is 0 Å². The van der Waals surface area contributed by atoms with Gasteiger partial charge in [0.15, 0.2) is 9.84 Å². The Morgan fingerprint density at radius 2 is 1.81 bits per heavy atom. The summed E-state index contributed by atoms with van der Waals surface area (Å²) in [6, 6.07) is 3.57. The van der Waals surface area contributed by atoms with Gasteiger partial charge in [0.2, 0.25) is 10.0 Å². The van der Waals surface area contributed by atoms with Crippen molar-refractivity contribution in [2.75, 3.05) is 11.5 Å². The van der Waals surface area contributed by atoms with Crippen LogP contribution in [0.25, 0.3) is 0 Å². The van der Waals surface area contributed by atoms with Gasteiger partial charge in [-0.05, 0) is 25.0 Å². The largest absolute Gasteiger partial charge is 0.263 e. The molecule has 21 heavy (non-hydrogen) atoms. The van der Waals surface area contributed by atoms with Crippen LogP contribution in [0.4, 0.5) is 8.78 Å². The molecule has 1 aromatic rings. The maximum Gasteiger partial charge on any atom is 0.263 e. The molecule has 1 aliphatic heterocycles. The van der Waals surface area contributed by atoms with Crippen LogP contribution in [0.1, 0.15) is 24.8 Å². The van der Waals surface area contributed by atoms with Gasteiger partial charge in [-0.15, -0.1) is 0 Å². The van der Waals surface area contributed by atoms with Gasteiger partial charge in [-0.2, -0.15) is 0 Å². The normalized spacial score (nSPS) is 22.3. The molecule has 5 nitrogen and oxygen atoms in total. The standard InChI is InChI=1S/C12H15F2NO4S2/c13-12(14)9-3-5-11(6-4-9)21(18,19)15-10-2-1-7-20(16,17)8-10/h3-6,10,12,15H,1-2,7-8H2. The average molecular weight is 339 g/mol. The predicted molar refractivity (Wildman–Crippen MR) is 73.4 cm³/mol. The van der Waals surface area contributed by atoms with E-state index in [9.17, 15) is 25.6 Å². The van der Waals surface area contributed by atoms with Crippen molar-refractivity contribution in [1.82, 2.24) is 4.72 Å². The first-order valence-corrected chi connectivity index (χ1v) is 9.61. The number of sulfone groups is 1. The maximum atomic E-state index is 12.4. The van der Waals surface area contributed by atoms with Crippen LogP contribution in [-0.4, -0.2) is 34.4 Å². The van der Waals surface area contributed by atoms with Gasteiger partial charge in [0, 0.05) is 11.6 Å². The van der Waals surface area contributed by atoms with Gasteiger partial charge in [-0.3, -0.25) is 0 Å². The number of benzene rings is 1. The summed E-state index contributed by atoms with van der Waals surface area (Å²) >= 11 is 0. The number of hydrogen-bond donors (Lipinski definition) is 1. The molecule has 2 rings (SSSR count). The van der Waals surface area contributed by atoms with Gasteiger partial charge >= 0.3 is 0 Å². The van der Waals surface area contributed by atoms with Gasteiger partial charge < -0.3 is 0 Å². The third-order valence-electron chi connectivity index (χ3n) is 3.23. The maximum absolute atomic E-state index is 12.4.